The summed E-state index contributed by atoms with van der Waals surface area (Å²) < 4.78 is 39.1. The lowest BCUT2D eigenvalue weighted by Gasteiger charge is -2.24. The molecule has 0 aliphatic heterocycles. The van der Waals surface area contributed by atoms with Crippen LogP contribution in [0.15, 0.2) is 12.1 Å². The first-order valence-corrected chi connectivity index (χ1v) is 7.50. The fourth-order valence-electron chi connectivity index (χ4n) is 2.07. The minimum atomic E-state index is -4.36. The number of hydrogen-bond donors (Lipinski definition) is 1. The Kier molecular flexibility index (Phi) is 6.78. The maximum absolute atomic E-state index is 13.0. The van der Waals surface area contributed by atoms with Gasteiger partial charge in [0.1, 0.15) is 11.6 Å². The largest absolute Gasteiger partial charge is 0.416 e. The highest BCUT2D eigenvalue weighted by atomic mass is 19.4. The average molecular weight is 303 g/mol. The van der Waals surface area contributed by atoms with Crippen molar-refractivity contribution in [3.8, 4) is 0 Å². The third-order valence-corrected chi connectivity index (χ3v) is 3.01. The lowest BCUT2D eigenvalue weighted by atomic mass is 10.2. The van der Waals surface area contributed by atoms with E-state index in [1.54, 1.807) is 0 Å². The number of rotatable bonds is 8. The SMILES string of the molecule is CCCNc1cc(C(F)(F)F)cc(N(CCC)CCC)n1. The van der Waals surface area contributed by atoms with Crippen LogP contribution in [0.5, 0.6) is 0 Å². The zero-order valence-corrected chi connectivity index (χ0v) is 12.9. The molecule has 1 aromatic heterocycles. The molecule has 3 nitrogen and oxygen atoms in total. The molecule has 0 saturated carbocycles. The van der Waals surface area contributed by atoms with Gasteiger partial charge in [-0.25, -0.2) is 4.98 Å². The summed E-state index contributed by atoms with van der Waals surface area (Å²) in [5, 5.41) is 2.95. The van der Waals surface area contributed by atoms with E-state index in [-0.39, 0.29) is 0 Å². The summed E-state index contributed by atoms with van der Waals surface area (Å²) in [7, 11) is 0. The van der Waals surface area contributed by atoms with Gasteiger partial charge in [-0.3, -0.25) is 0 Å². The van der Waals surface area contributed by atoms with Crippen LogP contribution in [-0.2, 0) is 6.18 Å². The van der Waals surface area contributed by atoms with Gasteiger partial charge in [0.05, 0.1) is 5.56 Å². The maximum atomic E-state index is 13.0. The molecule has 0 saturated heterocycles. The molecule has 1 N–H and O–H groups in total. The minimum absolute atomic E-state index is 0.291. The lowest BCUT2D eigenvalue weighted by Crippen LogP contribution is -2.26. The van der Waals surface area contributed by atoms with Gasteiger partial charge in [0.15, 0.2) is 0 Å². The van der Waals surface area contributed by atoms with Crippen molar-refractivity contribution >= 4 is 11.6 Å². The van der Waals surface area contributed by atoms with Gasteiger partial charge < -0.3 is 10.2 Å². The van der Waals surface area contributed by atoms with E-state index in [0.29, 0.717) is 31.3 Å². The molecule has 0 aliphatic rings. The Morgan fingerprint density at radius 1 is 1.05 bits per heavy atom. The molecule has 0 bridgehead atoms. The number of alkyl halides is 3. The maximum Gasteiger partial charge on any atom is 0.416 e. The van der Waals surface area contributed by atoms with Crippen molar-refractivity contribution in [2.45, 2.75) is 46.2 Å². The van der Waals surface area contributed by atoms with Gasteiger partial charge in [0, 0.05) is 19.6 Å². The van der Waals surface area contributed by atoms with Crippen molar-refractivity contribution in [2.24, 2.45) is 0 Å². The molecular weight excluding hydrogens is 279 g/mol. The van der Waals surface area contributed by atoms with Crippen LogP contribution >= 0.6 is 0 Å². The third-order valence-electron chi connectivity index (χ3n) is 3.01. The highest BCUT2D eigenvalue weighted by molar-refractivity contribution is 5.51. The summed E-state index contributed by atoms with van der Waals surface area (Å²) in [4.78, 5) is 6.25. The van der Waals surface area contributed by atoms with Crippen LogP contribution in [0.3, 0.4) is 0 Å². The summed E-state index contributed by atoms with van der Waals surface area (Å²) in [6.07, 6.45) is -1.78. The molecule has 0 aromatic carbocycles. The Hall–Kier alpha value is -1.46. The summed E-state index contributed by atoms with van der Waals surface area (Å²) in [5.74, 6) is 0.686. The van der Waals surface area contributed by atoms with E-state index in [4.69, 9.17) is 0 Å². The Labute approximate surface area is 124 Å². The number of halogens is 3. The number of anilines is 2. The molecule has 1 heterocycles. The molecule has 120 valence electrons. The standard InChI is InChI=1S/C15H24F3N3/c1-4-7-19-13-10-12(15(16,17)18)11-14(20-13)21(8-5-2)9-6-3/h10-11H,4-9H2,1-3H3,(H,19,20). The van der Waals surface area contributed by atoms with Gasteiger partial charge in [-0.1, -0.05) is 20.8 Å². The Bertz CT molecular complexity index is 427. The fourth-order valence-corrected chi connectivity index (χ4v) is 2.07. The predicted molar refractivity (Wildman–Crippen MR) is 80.8 cm³/mol. The van der Waals surface area contributed by atoms with E-state index < -0.39 is 11.7 Å². The van der Waals surface area contributed by atoms with Crippen molar-refractivity contribution in [3.05, 3.63) is 17.7 Å². The van der Waals surface area contributed by atoms with E-state index in [2.05, 4.69) is 10.3 Å². The second-order valence-corrected chi connectivity index (χ2v) is 5.01. The molecule has 21 heavy (non-hydrogen) atoms. The second-order valence-electron chi connectivity index (χ2n) is 5.01. The second kappa shape index (κ2) is 8.10. The van der Waals surface area contributed by atoms with Crippen LogP contribution in [0.4, 0.5) is 24.8 Å². The smallest absolute Gasteiger partial charge is 0.370 e. The summed E-state index contributed by atoms with van der Waals surface area (Å²) in [5.41, 5.74) is -0.650. The van der Waals surface area contributed by atoms with Crippen molar-refractivity contribution in [1.82, 2.24) is 4.98 Å². The quantitative estimate of drug-likeness (QED) is 0.763. The van der Waals surface area contributed by atoms with Gasteiger partial charge in [0.25, 0.3) is 0 Å². The number of hydrogen-bond acceptors (Lipinski definition) is 3. The third kappa shape index (κ3) is 5.44. The van der Waals surface area contributed by atoms with E-state index in [9.17, 15) is 13.2 Å². The van der Waals surface area contributed by atoms with Crippen LogP contribution in [-0.4, -0.2) is 24.6 Å². The first-order chi connectivity index (χ1) is 9.92. The van der Waals surface area contributed by atoms with Crippen LogP contribution in [0.2, 0.25) is 0 Å². The van der Waals surface area contributed by atoms with E-state index >= 15 is 0 Å². The number of aromatic nitrogens is 1. The van der Waals surface area contributed by atoms with Gasteiger partial charge in [0.2, 0.25) is 0 Å². The molecule has 0 aliphatic carbocycles. The van der Waals surface area contributed by atoms with E-state index in [1.807, 2.05) is 25.7 Å². The van der Waals surface area contributed by atoms with E-state index in [0.717, 1.165) is 31.4 Å². The molecule has 0 spiro atoms. The molecule has 0 radical (unpaired) electrons. The van der Waals surface area contributed by atoms with Crippen molar-refractivity contribution in [2.75, 3.05) is 29.9 Å². The van der Waals surface area contributed by atoms with Crippen LogP contribution < -0.4 is 10.2 Å². The van der Waals surface area contributed by atoms with Crippen LogP contribution in [0, 0.1) is 0 Å². The molecule has 0 fully saturated rings. The van der Waals surface area contributed by atoms with Gasteiger partial charge in [-0.2, -0.15) is 13.2 Å². The number of pyridine rings is 1. The summed E-state index contributed by atoms with van der Waals surface area (Å²) >= 11 is 0. The average Bonchev–Trinajstić information content (AvgIpc) is 2.43. The summed E-state index contributed by atoms with van der Waals surface area (Å²) in [6, 6.07) is 2.22. The first kappa shape index (κ1) is 17.6. The highest BCUT2D eigenvalue weighted by Crippen LogP contribution is 2.33. The molecule has 0 amide bonds. The first-order valence-electron chi connectivity index (χ1n) is 7.50. The fraction of sp³-hybridized carbons (Fsp3) is 0.667. The molecule has 1 aromatic rings. The minimum Gasteiger partial charge on any atom is -0.370 e. The molecular formula is C15H24F3N3. The normalized spacial score (nSPS) is 11.5. The van der Waals surface area contributed by atoms with Crippen molar-refractivity contribution in [3.63, 3.8) is 0 Å². The molecule has 0 atom stereocenters. The van der Waals surface area contributed by atoms with Gasteiger partial charge >= 0.3 is 6.18 Å². The molecule has 0 unspecified atom stereocenters. The highest BCUT2D eigenvalue weighted by Gasteiger charge is 2.32. The molecule has 6 heteroatoms. The predicted octanol–water partition coefficient (Wildman–Crippen LogP) is 4.55. The number of nitrogens with zero attached hydrogens (tertiary/aromatic N) is 2. The monoisotopic (exact) mass is 303 g/mol. The van der Waals surface area contributed by atoms with Crippen LogP contribution in [0.1, 0.15) is 45.6 Å². The van der Waals surface area contributed by atoms with Crippen molar-refractivity contribution < 1.29 is 13.2 Å². The van der Waals surface area contributed by atoms with Gasteiger partial charge in [-0.05, 0) is 31.4 Å². The molecule has 1 rings (SSSR count). The summed E-state index contributed by atoms with van der Waals surface area (Å²) in [6.45, 7) is 7.99. The number of nitrogens with one attached hydrogen (secondary N) is 1. The van der Waals surface area contributed by atoms with Crippen LogP contribution in [0.25, 0.3) is 0 Å². The zero-order chi connectivity index (χ0) is 15.9. The van der Waals surface area contributed by atoms with Crippen molar-refractivity contribution in [1.29, 1.82) is 0 Å². The Morgan fingerprint density at radius 3 is 2.14 bits per heavy atom. The topological polar surface area (TPSA) is 28.2 Å². The zero-order valence-electron chi connectivity index (χ0n) is 12.9. The Morgan fingerprint density at radius 2 is 1.67 bits per heavy atom. The van der Waals surface area contributed by atoms with Gasteiger partial charge in [-0.15, -0.1) is 0 Å². The lowest BCUT2D eigenvalue weighted by molar-refractivity contribution is -0.137. The Balaban J connectivity index is 3.15. The van der Waals surface area contributed by atoms with E-state index in [1.165, 1.54) is 0 Å².